The van der Waals surface area contributed by atoms with E-state index in [-0.39, 0.29) is 0 Å². The maximum atomic E-state index is 12.5. The SMILES string of the molecule is COc1ccc(-c2ccc(C(F)(F)F)cc2)c(C=O)c1. The molecule has 0 saturated carbocycles. The Kier molecular flexibility index (Phi) is 3.79. The van der Waals surface area contributed by atoms with Gasteiger partial charge in [0.25, 0.3) is 0 Å². The van der Waals surface area contributed by atoms with Gasteiger partial charge in [0.15, 0.2) is 6.29 Å². The van der Waals surface area contributed by atoms with Crippen LogP contribution in [0.15, 0.2) is 42.5 Å². The lowest BCUT2D eigenvalue weighted by Crippen LogP contribution is -2.04. The largest absolute Gasteiger partial charge is 0.497 e. The number of alkyl halides is 3. The van der Waals surface area contributed by atoms with Crippen LogP contribution in [0.1, 0.15) is 15.9 Å². The van der Waals surface area contributed by atoms with E-state index in [1.165, 1.54) is 19.2 Å². The van der Waals surface area contributed by atoms with E-state index in [0.29, 0.717) is 28.7 Å². The number of carbonyl (C=O) groups excluding carboxylic acids is 1. The van der Waals surface area contributed by atoms with Crippen LogP contribution < -0.4 is 4.74 Å². The molecule has 5 heteroatoms. The van der Waals surface area contributed by atoms with E-state index in [0.717, 1.165) is 12.1 Å². The third-order valence-corrected chi connectivity index (χ3v) is 2.91. The predicted molar refractivity (Wildman–Crippen MR) is 68.8 cm³/mol. The van der Waals surface area contributed by atoms with Crippen LogP contribution in [0.4, 0.5) is 13.2 Å². The molecule has 2 rings (SSSR count). The summed E-state index contributed by atoms with van der Waals surface area (Å²) in [6.45, 7) is 0. The summed E-state index contributed by atoms with van der Waals surface area (Å²) in [6, 6.07) is 9.52. The van der Waals surface area contributed by atoms with Gasteiger partial charge in [-0.2, -0.15) is 13.2 Å². The van der Waals surface area contributed by atoms with Gasteiger partial charge in [-0.25, -0.2) is 0 Å². The van der Waals surface area contributed by atoms with Crippen LogP contribution in [-0.2, 0) is 6.18 Å². The molecule has 0 bridgehead atoms. The average Bonchev–Trinajstić information content (AvgIpc) is 2.45. The first-order valence-electron chi connectivity index (χ1n) is 5.76. The standard InChI is InChI=1S/C15H11F3O2/c1-20-13-6-7-14(11(8-13)9-19)10-2-4-12(5-3-10)15(16,17)18/h2-9H,1H3. The molecule has 0 saturated heterocycles. The molecule has 0 aliphatic carbocycles. The number of rotatable bonds is 3. The summed E-state index contributed by atoms with van der Waals surface area (Å²) in [5.41, 5.74) is 0.754. The van der Waals surface area contributed by atoms with Gasteiger partial charge in [-0.3, -0.25) is 4.79 Å². The van der Waals surface area contributed by atoms with Gasteiger partial charge in [0.05, 0.1) is 12.7 Å². The van der Waals surface area contributed by atoms with Gasteiger partial charge in [0, 0.05) is 5.56 Å². The van der Waals surface area contributed by atoms with Crippen LogP contribution in [0.3, 0.4) is 0 Å². The molecule has 20 heavy (non-hydrogen) atoms. The highest BCUT2D eigenvalue weighted by Gasteiger charge is 2.30. The van der Waals surface area contributed by atoms with Crippen molar-refractivity contribution in [2.24, 2.45) is 0 Å². The molecule has 2 aromatic rings. The first kappa shape index (κ1) is 14.1. The highest BCUT2D eigenvalue weighted by atomic mass is 19.4. The van der Waals surface area contributed by atoms with E-state index >= 15 is 0 Å². The fourth-order valence-electron chi connectivity index (χ4n) is 1.87. The predicted octanol–water partition coefficient (Wildman–Crippen LogP) is 4.19. The first-order valence-corrected chi connectivity index (χ1v) is 5.76. The number of aldehydes is 1. The Morgan fingerprint density at radius 3 is 2.20 bits per heavy atom. The zero-order valence-corrected chi connectivity index (χ0v) is 10.6. The fourth-order valence-corrected chi connectivity index (χ4v) is 1.87. The van der Waals surface area contributed by atoms with E-state index in [9.17, 15) is 18.0 Å². The van der Waals surface area contributed by atoms with Crippen LogP contribution in [-0.4, -0.2) is 13.4 Å². The second-order valence-electron chi connectivity index (χ2n) is 4.15. The van der Waals surface area contributed by atoms with Crippen molar-refractivity contribution in [1.82, 2.24) is 0 Å². The topological polar surface area (TPSA) is 26.3 Å². The minimum atomic E-state index is -4.37. The normalized spacial score (nSPS) is 11.2. The van der Waals surface area contributed by atoms with Gasteiger partial charge < -0.3 is 4.74 Å². The quantitative estimate of drug-likeness (QED) is 0.788. The van der Waals surface area contributed by atoms with Crippen molar-refractivity contribution in [3.63, 3.8) is 0 Å². The molecule has 0 spiro atoms. The zero-order valence-electron chi connectivity index (χ0n) is 10.6. The Hall–Kier alpha value is -2.30. The van der Waals surface area contributed by atoms with Gasteiger partial charge in [0.1, 0.15) is 5.75 Å². The number of methoxy groups -OCH3 is 1. The third-order valence-electron chi connectivity index (χ3n) is 2.91. The summed E-state index contributed by atoms with van der Waals surface area (Å²) < 4.78 is 42.5. The number of benzene rings is 2. The van der Waals surface area contributed by atoms with E-state index < -0.39 is 11.7 Å². The monoisotopic (exact) mass is 280 g/mol. The van der Waals surface area contributed by atoms with Crippen LogP contribution in [0, 0.1) is 0 Å². The molecule has 0 aliphatic rings. The number of carbonyl (C=O) groups is 1. The third kappa shape index (κ3) is 2.82. The van der Waals surface area contributed by atoms with Crippen molar-refractivity contribution in [2.75, 3.05) is 7.11 Å². The second kappa shape index (κ2) is 5.36. The molecule has 0 amide bonds. The van der Waals surface area contributed by atoms with Crippen molar-refractivity contribution >= 4 is 6.29 Å². The molecule has 104 valence electrons. The molecule has 0 unspecified atom stereocenters. The first-order chi connectivity index (χ1) is 9.45. The molecule has 0 heterocycles. The zero-order chi connectivity index (χ0) is 14.8. The smallest absolute Gasteiger partial charge is 0.416 e. The minimum Gasteiger partial charge on any atom is -0.497 e. The summed E-state index contributed by atoms with van der Waals surface area (Å²) in [5, 5.41) is 0. The van der Waals surface area contributed by atoms with E-state index in [2.05, 4.69) is 0 Å². The lowest BCUT2D eigenvalue weighted by atomic mass is 9.99. The van der Waals surface area contributed by atoms with Crippen molar-refractivity contribution < 1.29 is 22.7 Å². The summed E-state index contributed by atoms with van der Waals surface area (Å²) in [7, 11) is 1.47. The molecule has 2 aromatic carbocycles. The molecule has 0 N–H and O–H groups in total. The molecule has 0 atom stereocenters. The van der Waals surface area contributed by atoms with E-state index in [4.69, 9.17) is 4.74 Å². The Bertz CT molecular complexity index is 616. The van der Waals surface area contributed by atoms with Crippen LogP contribution in [0.2, 0.25) is 0 Å². The minimum absolute atomic E-state index is 0.365. The molecule has 0 aromatic heterocycles. The average molecular weight is 280 g/mol. The van der Waals surface area contributed by atoms with E-state index in [1.807, 2.05) is 0 Å². The Labute approximate surface area is 113 Å². The van der Waals surface area contributed by atoms with Crippen molar-refractivity contribution in [3.8, 4) is 16.9 Å². The van der Waals surface area contributed by atoms with Crippen molar-refractivity contribution in [2.45, 2.75) is 6.18 Å². The lowest BCUT2D eigenvalue weighted by molar-refractivity contribution is -0.137. The maximum Gasteiger partial charge on any atom is 0.416 e. The van der Waals surface area contributed by atoms with Gasteiger partial charge >= 0.3 is 6.18 Å². The summed E-state index contributed by atoms with van der Waals surface area (Å²) in [6.07, 6.45) is -3.72. The molecule has 0 aliphatic heterocycles. The number of ether oxygens (including phenoxy) is 1. The summed E-state index contributed by atoms with van der Waals surface area (Å²) in [5.74, 6) is 0.516. The summed E-state index contributed by atoms with van der Waals surface area (Å²) >= 11 is 0. The molecule has 2 nitrogen and oxygen atoms in total. The van der Waals surface area contributed by atoms with Gasteiger partial charge in [-0.15, -0.1) is 0 Å². The Morgan fingerprint density at radius 1 is 1.05 bits per heavy atom. The molecular formula is C15H11F3O2. The Morgan fingerprint density at radius 2 is 1.70 bits per heavy atom. The fraction of sp³-hybridized carbons (Fsp3) is 0.133. The number of hydrogen-bond donors (Lipinski definition) is 0. The lowest BCUT2D eigenvalue weighted by Gasteiger charge is -2.10. The number of hydrogen-bond acceptors (Lipinski definition) is 2. The van der Waals surface area contributed by atoms with Crippen molar-refractivity contribution in [1.29, 1.82) is 0 Å². The van der Waals surface area contributed by atoms with Crippen LogP contribution in [0.5, 0.6) is 5.75 Å². The summed E-state index contributed by atoms with van der Waals surface area (Å²) in [4.78, 5) is 11.1. The highest BCUT2D eigenvalue weighted by molar-refractivity contribution is 5.88. The second-order valence-corrected chi connectivity index (χ2v) is 4.15. The van der Waals surface area contributed by atoms with Gasteiger partial charge in [-0.05, 0) is 41.5 Å². The number of halogens is 3. The molecule has 0 radical (unpaired) electrons. The van der Waals surface area contributed by atoms with Crippen LogP contribution in [0.25, 0.3) is 11.1 Å². The van der Waals surface area contributed by atoms with Crippen LogP contribution >= 0.6 is 0 Å². The maximum absolute atomic E-state index is 12.5. The van der Waals surface area contributed by atoms with E-state index in [1.54, 1.807) is 18.2 Å². The molecule has 0 fully saturated rings. The molecular weight excluding hydrogens is 269 g/mol. The van der Waals surface area contributed by atoms with Gasteiger partial charge in [-0.1, -0.05) is 12.1 Å². The van der Waals surface area contributed by atoms with Gasteiger partial charge in [0.2, 0.25) is 0 Å². The Balaban J connectivity index is 2.44. The highest BCUT2D eigenvalue weighted by Crippen LogP contribution is 2.32. The van der Waals surface area contributed by atoms with Crippen molar-refractivity contribution in [3.05, 3.63) is 53.6 Å².